The van der Waals surface area contributed by atoms with Gasteiger partial charge in [0, 0.05) is 50.4 Å². The summed E-state index contributed by atoms with van der Waals surface area (Å²) in [5.74, 6) is -0.283. The maximum absolute atomic E-state index is 13.8. The van der Waals surface area contributed by atoms with Gasteiger partial charge in [0.25, 0.3) is 0 Å². The Hall–Kier alpha value is -3.22. The second kappa shape index (κ2) is 16.0. The summed E-state index contributed by atoms with van der Waals surface area (Å²) < 4.78 is 5.83. The van der Waals surface area contributed by atoms with Crippen LogP contribution in [0.1, 0.15) is 56.5 Å². The van der Waals surface area contributed by atoms with E-state index in [4.69, 9.17) is 9.57 Å². The minimum atomic E-state index is -1.02. The summed E-state index contributed by atoms with van der Waals surface area (Å²) in [6.45, 7) is 9.63. The highest BCUT2D eigenvalue weighted by molar-refractivity contribution is 5.91. The largest absolute Gasteiger partial charge is 0.499 e. The van der Waals surface area contributed by atoms with Gasteiger partial charge in [-0.2, -0.15) is 5.06 Å². The molecule has 266 valence electrons. The number of aliphatic hydroxyl groups excluding tert-OH is 2. The van der Waals surface area contributed by atoms with Gasteiger partial charge in [-0.1, -0.05) is 45.1 Å². The van der Waals surface area contributed by atoms with E-state index in [1.54, 1.807) is 30.4 Å². The molecule has 4 aliphatic rings. The number of likely N-dealkylation sites (N-methyl/N-ethyl adjacent to an activating group) is 1. The van der Waals surface area contributed by atoms with Crippen molar-refractivity contribution in [2.75, 3.05) is 59.4 Å². The van der Waals surface area contributed by atoms with Crippen LogP contribution in [0.15, 0.2) is 48.8 Å². The van der Waals surface area contributed by atoms with E-state index in [1.807, 2.05) is 68.4 Å². The number of amides is 1. The van der Waals surface area contributed by atoms with E-state index in [0.29, 0.717) is 40.9 Å². The summed E-state index contributed by atoms with van der Waals surface area (Å²) in [4.78, 5) is 35.6. The van der Waals surface area contributed by atoms with E-state index >= 15 is 0 Å². The molecule has 8 atom stereocenters. The minimum Gasteiger partial charge on any atom is -0.499 e. The van der Waals surface area contributed by atoms with E-state index < -0.39 is 30.1 Å². The van der Waals surface area contributed by atoms with Gasteiger partial charge in [-0.3, -0.25) is 9.63 Å². The molecule has 1 saturated heterocycles. The Balaban J connectivity index is 1.51. The van der Waals surface area contributed by atoms with Gasteiger partial charge in [0.1, 0.15) is 12.1 Å². The van der Waals surface area contributed by atoms with Crippen LogP contribution in [0.4, 0.5) is 5.69 Å². The Morgan fingerprint density at radius 2 is 1.85 bits per heavy atom. The Morgan fingerprint density at radius 1 is 1.15 bits per heavy atom. The lowest BCUT2D eigenvalue weighted by atomic mass is 9.45. The maximum atomic E-state index is 13.8. The number of carboxylic acid groups (broad SMARTS) is 1. The topological polar surface area (TPSA) is 135 Å². The van der Waals surface area contributed by atoms with Gasteiger partial charge in [0.2, 0.25) is 5.91 Å². The molecule has 0 radical (unpaired) electrons. The molecule has 1 amide bonds. The molecule has 11 heteroatoms. The average Bonchev–Trinajstić information content (AvgIpc) is 3.41. The number of nitrogens with one attached hydrogen (secondary N) is 1. The first-order valence-electron chi connectivity index (χ1n) is 17.0. The van der Waals surface area contributed by atoms with Gasteiger partial charge in [0.05, 0.1) is 31.1 Å². The van der Waals surface area contributed by atoms with Gasteiger partial charge < -0.3 is 35.2 Å². The third-order valence-electron chi connectivity index (χ3n) is 10.8. The lowest BCUT2D eigenvalue weighted by Crippen LogP contribution is -2.62. The fourth-order valence-corrected chi connectivity index (χ4v) is 7.65. The van der Waals surface area contributed by atoms with Crippen molar-refractivity contribution >= 4 is 23.1 Å². The minimum absolute atomic E-state index is 0.0650. The molecule has 3 aliphatic carbocycles. The summed E-state index contributed by atoms with van der Waals surface area (Å²) >= 11 is 0. The number of ether oxygens (including phenoxy) is 1. The highest BCUT2D eigenvalue weighted by atomic mass is 16.7. The third kappa shape index (κ3) is 8.49. The molecule has 48 heavy (non-hydrogen) atoms. The molecule has 3 saturated carbocycles. The third-order valence-corrected chi connectivity index (χ3v) is 10.8. The van der Waals surface area contributed by atoms with Crippen LogP contribution >= 0.6 is 0 Å². The number of allylic oxidation sites excluding steroid dienone is 4. The molecule has 0 unspecified atom stereocenters. The molecule has 0 aromatic heterocycles. The number of carbonyl (C=O) groups excluding carboxylic acids is 1. The van der Waals surface area contributed by atoms with Gasteiger partial charge in [-0.25, -0.2) is 4.79 Å². The van der Waals surface area contributed by atoms with Crippen LogP contribution in [0, 0.1) is 29.1 Å². The molecule has 4 N–H and O–H groups in total. The van der Waals surface area contributed by atoms with E-state index in [2.05, 4.69) is 26.1 Å². The predicted molar refractivity (Wildman–Crippen MR) is 187 cm³/mol. The molecule has 1 aromatic carbocycles. The summed E-state index contributed by atoms with van der Waals surface area (Å²) in [6, 6.07) is 4.45. The number of hydrogen-bond donors (Lipinski definition) is 4. The zero-order valence-electron chi connectivity index (χ0n) is 29.8. The van der Waals surface area contributed by atoms with Crippen LogP contribution in [0.3, 0.4) is 0 Å². The second-order valence-corrected chi connectivity index (χ2v) is 14.8. The van der Waals surface area contributed by atoms with E-state index in [1.165, 1.54) is 6.42 Å². The number of nitrogens with zero attached hydrogens (tertiary/aromatic N) is 3. The molecule has 2 bridgehead atoms. The number of hydroxylamine groups is 2. The first kappa shape index (κ1) is 37.6. The van der Waals surface area contributed by atoms with Crippen LogP contribution < -0.4 is 10.2 Å². The molecule has 1 heterocycles. The van der Waals surface area contributed by atoms with Crippen LogP contribution in [0.25, 0.3) is 5.57 Å². The number of aliphatic hydroxyl groups is 2. The normalized spacial score (nSPS) is 29.3. The lowest BCUT2D eigenvalue weighted by molar-refractivity contribution is -0.172. The summed E-state index contributed by atoms with van der Waals surface area (Å²) in [7, 11) is 7.64. The van der Waals surface area contributed by atoms with Crippen LogP contribution in [0.2, 0.25) is 0 Å². The van der Waals surface area contributed by atoms with Crippen molar-refractivity contribution in [3.8, 4) is 0 Å². The highest BCUT2D eigenvalue weighted by Crippen LogP contribution is 2.61. The summed E-state index contributed by atoms with van der Waals surface area (Å²) in [5.41, 5.74) is 2.60. The van der Waals surface area contributed by atoms with Gasteiger partial charge in [-0.05, 0) is 80.8 Å². The number of anilines is 1. The quantitative estimate of drug-likeness (QED) is 0.125. The molecule has 0 spiro atoms. The summed E-state index contributed by atoms with van der Waals surface area (Å²) in [6.07, 6.45) is 9.55. The highest BCUT2D eigenvalue weighted by Gasteiger charge is 2.57. The number of benzene rings is 1. The second-order valence-electron chi connectivity index (χ2n) is 14.8. The van der Waals surface area contributed by atoms with Crippen molar-refractivity contribution in [2.24, 2.45) is 29.1 Å². The van der Waals surface area contributed by atoms with E-state index in [-0.39, 0.29) is 30.7 Å². The van der Waals surface area contributed by atoms with Crippen molar-refractivity contribution in [1.82, 2.24) is 15.3 Å². The molecule has 1 aromatic rings. The SMILES string of the molecule is C[C@@H]1[C@@H](NC(=O)[C@@H]2[C@H]([C@H](C)O)[C@H](CO)ON2CC=CC=CC(=COCCN(C)C)c2cc(C(=O)O)cc(N(C)C)c2)C[C@H]2C[C@@H]1C2(C)C. The number of carbonyl (C=O) groups is 2. The summed E-state index contributed by atoms with van der Waals surface area (Å²) in [5, 5.41) is 35.4. The number of aromatic carboxylic acids is 1. The first-order valence-corrected chi connectivity index (χ1v) is 17.0. The average molecular weight is 669 g/mol. The zero-order chi connectivity index (χ0) is 35.3. The van der Waals surface area contributed by atoms with E-state index in [0.717, 1.165) is 18.7 Å². The molecular weight excluding hydrogens is 612 g/mol. The predicted octanol–water partition coefficient (Wildman–Crippen LogP) is 3.64. The van der Waals surface area contributed by atoms with Crippen molar-refractivity contribution in [3.63, 3.8) is 0 Å². The number of hydrogen-bond acceptors (Lipinski definition) is 9. The van der Waals surface area contributed by atoms with Gasteiger partial charge >= 0.3 is 5.97 Å². The van der Waals surface area contributed by atoms with Gasteiger partial charge in [-0.15, -0.1) is 0 Å². The van der Waals surface area contributed by atoms with Crippen LogP contribution in [0.5, 0.6) is 0 Å². The van der Waals surface area contributed by atoms with Crippen LogP contribution in [-0.4, -0.2) is 116 Å². The Labute approximate surface area is 285 Å². The number of rotatable bonds is 15. The number of carboxylic acids is 1. The molecule has 11 nitrogen and oxygen atoms in total. The monoisotopic (exact) mass is 668 g/mol. The van der Waals surface area contributed by atoms with Crippen LogP contribution in [-0.2, 0) is 14.4 Å². The fourth-order valence-electron chi connectivity index (χ4n) is 7.65. The zero-order valence-corrected chi connectivity index (χ0v) is 29.8. The van der Waals surface area contributed by atoms with Crippen molar-refractivity contribution in [2.45, 2.75) is 64.8 Å². The van der Waals surface area contributed by atoms with Crippen molar-refractivity contribution in [3.05, 3.63) is 59.9 Å². The molecular formula is C37H56N4O7. The van der Waals surface area contributed by atoms with Crippen molar-refractivity contribution < 1.29 is 34.5 Å². The lowest BCUT2D eigenvalue weighted by Gasteiger charge is -2.62. The Kier molecular flexibility index (Phi) is 12.5. The molecule has 4 fully saturated rings. The smallest absolute Gasteiger partial charge is 0.335 e. The van der Waals surface area contributed by atoms with Crippen molar-refractivity contribution in [1.29, 1.82) is 0 Å². The fraction of sp³-hybridized carbons (Fsp3) is 0.622. The van der Waals surface area contributed by atoms with E-state index in [9.17, 15) is 24.9 Å². The number of fused-ring (bicyclic) bond motifs is 2. The molecule has 1 aliphatic heterocycles. The molecule has 5 rings (SSSR count). The van der Waals surface area contributed by atoms with Gasteiger partial charge in [0.15, 0.2) is 0 Å². The first-order chi connectivity index (χ1) is 22.6. The Bertz CT molecular complexity index is 1370. The Morgan fingerprint density at radius 3 is 2.44 bits per heavy atom. The standard InChI is InChI=1S/C37H56N4O7/c1-23-30-19-28(37(30,3)4)20-31(23)38-35(44)34-33(24(2)43)32(21-42)48-41(34)13-11-9-10-12-25(22-47-15-14-39(5)6)26-16-27(36(45)46)18-29(17-26)40(7)8/h9-12,16-18,22-24,28,30-34,42-43H,13-15,19-21H2,1-8H3,(H,38,44)(H,45,46)/t23-,24-,28+,30-,31-,32-,33+,34-/m0/s1. The maximum Gasteiger partial charge on any atom is 0.335 e.